The molecule has 6 N–H and O–H groups in total. The Morgan fingerprint density at radius 1 is 1.13 bits per heavy atom. The molecule has 126 valence electrons. The van der Waals surface area contributed by atoms with E-state index < -0.39 is 35.9 Å². The molecule has 0 fully saturated rings. The molecule has 8 nitrogen and oxygen atoms in total. The molecule has 0 aromatic heterocycles. The average Bonchev–Trinajstić information content (AvgIpc) is 2.48. The van der Waals surface area contributed by atoms with Crippen molar-refractivity contribution in [3.8, 4) is 5.75 Å². The third kappa shape index (κ3) is 5.95. The van der Waals surface area contributed by atoms with Gasteiger partial charge in [-0.3, -0.25) is 9.59 Å². The summed E-state index contributed by atoms with van der Waals surface area (Å²) >= 11 is 0. The summed E-state index contributed by atoms with van der Waals surface area (Å²) in [6, 6.07) is 3.43. The molecule has 0 aliphatic heterocycles. The van der Waals surface area contributed by atoms with E-state index in [4.69, 9.17) is 0 Å². The Hall–Kier alpha value is -2.61. The fraction of sp³-hybridized carbons (Fsp3) is 0.400. The Kier molecular flexibility index (Phi) is 6.52. The van der Waals surface area contributed by atoms with Crippen molar-refractivity contribution in [3.05, 3.63) is 29.8 Å². The van der Waals surface area contributed by atoms with Gasteiger partial charge in [0.25, 0.3) is 5.91 Å². The van der Waals surface area contributed by atoms with Crippen LogP contribution in [0.1, 0.15) is 19.4 Å². The van der Waals surface area contributed by atoms with Crippen LogP contribution in [-0.4, -0.2) is 41.0 Å². The topological polar surface area (TPSA) is 146 Å². The third-order valence-electron chi connectivity index (χ3n) is 3.17. The zero-order valence-corrected chi connectivity index (χ0v) is 13.0. The second-order valence-electron chi connectivity index (χ2n) is 5.38. The van der Waals surface area contributed by atoms with E-state index in [1.165, 1.54) is 19.1 Å². The molecular formula is C15H21N3O5. The molecule has 1 aromatic carbocycles. The zero-order chi connectivity index (χ0) is 17.6. The van der Waals surface area contributed by atoms with Gasteiger partial charge in [-0.1, -0.05) is 12.1 Å². The Morgan fingerprint density at radius 2 is 1.70 bits per heavy atom. The second kappa shape index (κ2) is 8.14. The van der Waals surface area contributed by atoms with E-state index in [0.29, 0.717) is 5.56 Å². The first-order valence-corrected chi connectivity index (χ1v) is 7.13. The molecule has 0 spiro atoms. The maximum absolute atomic E-state index is 12.2. The molecular weight excluding hydrogens is 302 g/mol. The highest BCUT2D eigenvalue weighted by Gasteiger charge is 2.25. The smallest absolute Gasteiger partial charge is 0.278 e. The number of carbonyl (C=O) groups excluding carboxylic acids is 3. The van der Waals surface area contributed by atoms with Crippen molar-refractivity contribution in [3.63, 3.8) is 0 Å². The molecule has 23 heavy (non-hydrogen) atoms. The van der Waals surface area contributed by atoms with Crippen LogP contribution in [-0.2, 0) is 20.8 Å². The van der Waals surface area contributed by atoms with E-state index in [2.05, 4.69) is 16.4 Å². The molecule has 0 aliphatic rings. The maximum atomic E-state index is 12.2. The average molecular weight is 323 g/mol. The Bertz CT molecular complexity index is 571. The van der Waals surface area contributed by atoms with Crippen molar-refractivity contribution < 1.29 is 30.3 Å². The van der Waals surface area contributed by atoms with Gasteiger partial charge in [0.1, 0.15) is 11.8 Å². The molecule has 0 radical (unpaired) electrons. The number of hydrogen-bond acceptors (Lipinski definition) is 5. The van der Waals surface area contributed by atoms with Crippen molar-refractivity contribution in [2.24, 2.45) is 0 Å². The number of rotatable bonds is 7. The van der Waals surface area contributed by atoms with Gasteiger partial charge in [0.2, 0.25) is 5.91 Å². The summed E-state index contributed by atoms with van der Waals surface area (Å²) in [5.74, 6) is -2.40. The predicted molar refractivity (Wildman–Crippen MR) is 78.7 cm³/mol. The molecule has 0 bridgehead atoms. The van der Waals surface area contributed by atoms with Crippen LogP contribution in [0.3, 0.4) is 0 Å². The van der Waals surface area contributed by atoms with Crippen molar-refractivity contribution in [1.29, 1.82) is 0 Å². The highest BCUT2D eigenvalue weighted by molar-refractivity contribution is 5.91. The fourth-order valence-corrected chi connectivity index (χ4v) is 1.76. The lowest BCUT2D eigenvalue weighted by molar-refractivity contribution is -0.398. The van der Waals surface area contributed by atoms with E-state index in [0.717, 1.165) is 0 Å². The summed E-state index contributed by atoms with van der Waals surface area (Å²) in [7, 11) is 0. The molecule has 1 aromatic rings. The van der Waals surface area contributed by atoms with E-state index >= 15 is 0 Å². The fourth-order valence-electron chi connectivity index (χ4n) is 1.76. The molecule has 0 saturated carbocycles. The van der Waals surface area contributed by atoms with Crippen molar-refractivity contribution in [2.75, 3.05) is 0 Å². The summed E-state index contributed by atoms with van der Waals surface area (Å²) < 4.78 is 0. The number of quaternary nitrogens is 1. The van der Waals surface area contributed by atoms with Gasteiger partial charge in [0, 0.05) is 6.42 Å². The van der Waals surface area contributed by atoms with Gasteiger partial charge in [-0.15, -0.1) is 0 Å². The first-order valence-electron chi connectivity index (χ1n) is 7.13. The first-order chi connectivity index (χ1) is 10.7. The largest absolute Gasteiger partial charge is 0.548 e. The highest BCUT2D eigenvalue weighted by atomic mass is 16.4. The van der Waals surface area contributed by atoms with Gasteiger partial charge in [0.15, 0.2) is 6.04 Å². The van der Waals surface area contributed by atoms with Gasteiger partial charge < -0.3 is 31.4 Å². The summed E-state index contributed by atoms with van der Waals surface area (Å²) in [5, 5.41) is 24.8. The SMILES string of the molecule is C[C@H]([NH3+])C(=O)N[C@@H](Cc1ccc(O)cc1)C(=O)N[C@@H](C)C(=O)[O-]. The van der Waals surface area contributed by atoms with Crippen LogP contribution >= 0.6 is 0 Å². The number of aromatic hydroxyl groups is 1. The number of amides is 2. The number of nitrogens with one attached hydrogen (secondary N) is 2. The predicted octanol–water partition coefficient (Wildman–Crippen LogP) is -2.70. The van der Waals surface area contributed by atoms with Crippen LogP contribution in [0.15, 0.2) is 24.3 Å². The van der Waals surface area contributed by atoms with Crippen molar-refractivity contribution in [1.82, 2.24) is 10.6 Å². The molecule has 8 heteroatoms. The van der Waals surface area contributed by atoms with E-state index in [9.17, 15) is 24.6 Å². The second-order valence-corrected chi connectivity index (χ2v) is 5.38. The van der Waals surface area contributed by atoms with Crippen molar-refractivity contribution >= 4 is 17.8 Å². The Morgan fingerprint density at radius 3 is 2.17 bits per heavy atom. The Labute approximate surface area is 133 Å². The summed E-state index contributed by atoms with van der Waals surface area (Å²) in [6.07, 6.45) is 0.143. The lowest BCUT2D eigenvalue weighted by Crippen LogP contribution is -2.67. The molecule has 0 heterocycles. The normalized spacial score (nSPS) is 14.4. The minimum Gasteiger partial charge on any atom is -0.548 e. The van der Waals surface area contributed by atoms with Gasteiger partial charge >= 0.3 is 0 Å². The highest BCUT2D eigenvalue weighted by Crippen LogP contribution is 2.11. The lowest BCUT2D eigenvalue weighted by atomic mass is 10.0. The monoisotopic (exact) mass is 323 g/mol. The van der Waals surface area contributed by atoms with Gasteiger partial charge in [-0.25, -0.2) is 0 Å². The number of carboxylic acid groups (broad SMARTS) is 1. The molecule has 1 rings (SSSR count). The third-order valence-corrected chi connectivity index (χ3v) is 3.17. The van der Waals surface area contributed by atoms with Crippen LogP contribution in [0.2, 0.25) is 0 Å². The van der Waals surface area contributed by atoms with Crippen LogP contribution in [0.25, 0.3) is 0 Å². The maximum Gasteiger partial charge on any atom is 0.278 e. The first kappa shape index (κ1) is 18.4. The number of phenolic OH excluding ortho intramolecular Hbond substituents is 1. The van der Waals surface area contributed by atoms with Gasteiger partial charge in [-0.05, 0) is 31.5 Å². The Balaban J connectivity index is 2.87. The summed E-state index contributed by atoms with van der Waals surface area (Å²) in [5.41, 5.74) is 4.27. The minimum atomic E-state index is -1.42. The molecule has 0 saturated heterocycles. The van der Waals surface area contributed by atoms with E-state index in [-0.39, 0.29) is 12.2 Å². The molecule has 3 atom stereocenters. The summed E-state index contributed by atoms with van der Waals surface area (Å²) in [6.45, 7) is 2.85. The van der Waals surface area contributed by atoms with Crippen LogP contribution in [0, 0.1) is 0 Å². The van der Waals surface area contributed by atoms with Gasteiger partial charge in [-0.2, -0.15) is 0 Å². The standard InChI is InChI=1S/C15H21N3O5/c1-8(16)13(20)18-12(14(21)17-9(2)15(22)23)7-10-3-5-11(19)6-4-10/h3-6,8-9,12,19H,7,16H2,1-2H3,(H,17,21)(H,18,20)(H,22,23)/t8-,9-,12-/m0/s1. The minimum absolute atomic E-state index is 0.0794. The number of hydrogen-bond donors (Lipinski definition) is 4. The molecule has 0 unspecified atom stereocenters. The number of phenols is 1. The number of carbonyl (C=O) groups is 3. The zero-order valence-electron chi connectivity index (χ0n) is 13.0. The summed E-state index contributed by atoms with van der Waals surface area (Å²) in [4.78, 5) is 34.7. The quantitative estimate of drug-likeness (QED) is 0.431. The molecule has 2 amide bonds. The van der Waals surface area contributed by atoms with Gasteiger partial charge in [0.05, 0.1) is 12.0 Å². The van der Waals surface area contributed by atoms with Crippen LogP contribution in [0.4, 0.5) is 0 Å². The molecule has 0 aliphatic carbocycles. The number of aliphatic carboxylic acids is 1. The van der Waals surface area contributed by atoms with Crippen LogP contribution in [0.5, 0.6) is 5.75 Å². The van der Waals surface area contributed by atoms with E-state index in [1.807, 2.05) is 0 Å². The van der Waals surface area contributed by atoms with E-state index in [1.54, 1.807) is 19.1 Å². The van der Waals surface area contributed by atoms with Crippen LogP contribution < -0.4 is 21.5 Å². The lowest BCUT2D eigenvalue weighted by Gasteiger charge is -2.22. The number of benzene rings is 1. The number of carboxylic acids is 1. The van der Waals surface area contributed by atoms with Crippen molar-refractivity contribution in [2.45, 2.75) is 38.4 Å².